The number of nitrogens with zero attached hydrogens (tertiary/aromatic N) is 4. The van der Waals surface area contributed by atoms with E-state index in [-0.39, 0.29) is 12.5 Å². The molecule has 0 aliphatic rings. The van der Waals surface area contributed by atoms with Crippen LogP contribution in [0.3, 0.4) is 0 Å². The molecule has 4 aromatic rings. The molecule has 2 heterocycles. The van der Waals surface area contributed by atoms with Gasteiger partial charge in [0.05, 0.1) is 0 Å². The quantitative estimate of drug-likeness (QED) is 0.516. The highest BCUT2D eigenvalue weighted by Gasteiger charge is 2.17. The minimum atomic E-state index is -0.467. The second-order valence-electron chi connectivity index (χ2n) is 6.83. The van der Waals surface area contributed by atoms with Crippen molar-refractivity contribution in [1.82, 2.24) is 19.2 Å². The summed E-state index contributed by atoms with van der Waals surface area (Å²) in [5, 5.41) is 8.16. The smallest absolute Gasteiger partial charge is 0.324 e. The molecule has 0 aliphatic heterocycles. The number of carbonyl (C=O) groups excluding carboxylic acids is 1. The van der Waals surface area contributed by atoms with Crippen LogP contribution < -0.4 is 11.0 Å². The van der Waals surface area contributed by atoms with Crippen molar-refractivity contribution >= 4 is 40.4 Å². The lowest BCUT2D eigenvalue weighted by Gasteiger charge is -2.09. The van der Waals surface area contributed by atoms with Gasteiger partial charge in [-0.3, -0.25) is 4.79 Å². The van der Waals surface area contributed by atoms with Gasteiger partial charge in [0, 0.05) is 33.1 Å². The minimum Gasteiger partial charge on any atom is -0.324 e. The summed E-state index contributed by atoms with van der Waals surface area (Å²) in [5.41, 5.74) is 2.63. The number of carbonyl (C=O) groups is 1. The van der Waals surface area contributed by atoms with Gasteiger partial charge in [-0.1, -0.05) is 41.4 Å². The number of anilines is 1. The summed E-state index contributed by atoms with van der Waals surface area (Å²) >= 11 is 12.2. The zero-order valence-electron chi connectivity index (χ0n) is 16.2. The second-order valence-corrected chi connectivity index (χ2v) is 7.67. The van der Waals surface area contributed by atoms with E-state index in [9.17, 15) is 9.59 Å². The van der Waals surface area contributed by atoms with Gasteiger partial charge >= 0.3 is 5.69 Å². The standard InChI is InChI=1S/C21H17Cl2N5O2/c1-12-9-18-26-27(11-19(29)25-17-8-4-7-16(23)13(17)2)21(30)28(18)20(24-12)14-5-3-6-15(22)10-14/h3-10H,11H2,1-2H3,(H,25,29). The first-order valence-electron chi connectivity index (χ1n) is 9.11. The third-order valence-corrected chi connectivity index (χ3v) is 5.26. The predicted octanol–water partition coefficient (Wildman–Crippen LogP) is 4.12. The van der Waals surface area contributed by atoms with E-state index < -0.39 is 5.69 Å². The highest BCUT2D eigenvalue weighted by Crippen LogP contribution is 2.23. The van der Waals surface area contributed by atoms with E-state index in [1.807, 2.05) is 13.0 Å². The Hall–Kier alpha value is -3.16. The van der Waals surface area contributed by atoms with E-state index in [1.165, 1.54) is 4.40 Å². The fourth-order valence-corrected chi connectivity index (χ4v) is 3.51. The van der Waals surface area contributed by atoms with Gasteiger partial charge in [0.2, 0.25) is 5.91 Å². The molecule has 1 amide bonds. The molecule has 0 bridgehead atoms. The lowest BCUT2D eigenvalue weighted by atomic mass is 10.2. The van der Waals surface area contributed by atoms with Gasteiger partial charge in [0.1, 0.15) is 12.4 Å². The highest BCUT2D eigenvalue weighted by molar-refractivity contribution is 6.31. The summed E-state index contributed by atoms with van der Waals surface area (Å²) in [6, 6.07) is 14.0. The molecular weight excluding hydrogens is 425 g/mol. The van der Waals surface area contributed by atoms with Crippen molar-refractivity contribution in [3.05, 3.63) is 80.3 Å². The van der Waals surface area contributed by atoms with Gasteiger partial charge < -0.3 is 5.32 Å². The van der Waals surface area contributed by atoms with Gasteiger partial charge in [0.15, 0.2) is 5.65 Å². The van der Waals surface area contributed by atoms with Gasteiger partial charge in [0.25, 0.3) is 0 Å². The monoisotopic (exact) mass is 441 g/mol. The van der Waals surface area contributed by atoms with Gasteiger partial charge in [-0.15, -0.1) is 5.10 Å². The number of aromatic nitrogens is 4. The van der Waals surface area contributed by atoms with Gasteiger partial charge in [-0.2, -0.15) is 0 Å². The normalized spacial score (nSPS) is 11.1. The summed E-state index contributed by atoms with van der Waals surface area (Å²) in [6.45, 7) is 3.37. The molecule has 2 aromatic heterocycles. The van der Waals surface area contributed by atoms with Gasteiger partial charge in [-0.05, 0) is 43.7 Å². The van der Waals surface area contributed by atoms with E-state index in [0.29, 0.717) is 38.5 Å². The van der Waals surface area contributed by atoms with Crippen molar-refractivity contribution in [1.29, 1.82) is 0 Å². The maximum Gasteiger partial charge on any atom is 0.352 e. The van der Waals surface area contributed by atoms with Crippen LogP contribution in [0.25, 0.3) is 17.0 Å². The van der Waals surface area contributed by atoms with Crippen molar-refractivity contribution in [3.63, 3.8) is 0 Å². The van der Waals surface area contributed by atoms with Crippen LogP contribution in [-0.2, 0) is 11.3 Å². The fraction of sp³-hybridized carbons (Fsp3) is 0.143. The lowest BCUT2D eigenvalue weighted by Crippen LogP contribution is -2.29. The molecule has 0 aliphatic carbocycles. The Bertz CT molecular complexity index is 1340. The maximum atomic E-state index is 13.0. The number of rotatable bonds is 4. The molecule has 1 N–H and O–H groups in total. The van der Waals surface area contributed by atoms with E-state index in [4.69, 9.17) is 23.2 Å². The first kappa shape index (κ1) is 20.1. The Labute approximate surface area is 181 Å². The number of halogens is 2. The van der Waals surface area contributed by atoms with Crippen LogP contribution in [0.4, 0.5) is 5.69 Å². The molecule has 152 valence electrons. The van der Waals surface area contributed by atoms with Crippen LogP contribution in [0.1, 0.15) is 11.3 Å². The Morgan fingerprint density at radius 2 is 1.87 bits per heavy atom. The number of amides is 1. The number of hydrogen-bond donors (Lipinski definition) is 1. The average Bonchev–Trinajstić information content (AvgIpc) is 3.00. The zero-order chi connectivity index (χ0) is 21.4. The number of nitrogens with one attached hydrogen (secondary N) is 1. The topological polar surface area (TPSA) is 81.3 Å². The first-order valence-corrected chi connectivity index (χ1v) is 9.87. The number of fused-ring (bicyclic) bond motifs is 1. The largest absolute Gasteiger partial charge is 0.352 e. The van der Waals surface area contributed by atoms with Crippen molar-refractivity contribution < 1.29 is 4.79 Å². The molecule has 4 rings (SSSR count). The Kier molecular flexibility index (Phi) is 5.32. The molecule has 0 saturated carbocycles. The Morgan fingerprint density at radius 1 is 1.10 bits per heavy atom. The fourth-order valence-electron chi connectivity index (χ4n) is 3.15. The van der Waals surface area contributed by atoms with E-state index >= 15 is 0 Å². The predicted molar refractivity (Wildman–Crippen MR) is 117 cm³/mol. The van der Waals surface area contributed by atoms with Crippen LogP contribution in [0, 0.1) is 13.8 Å². The van der Waals surface area contributed by atoms with Crippen LogP contribution in [-0.4, -0.2) is 25.1 Å². The third kappa shape index (κ3) is 3.81. The second kappa shape index (κ2) is 7.93. The zero-order valence-corrected chi connectivity index (χ0v) is 17.7. The van der Waals surface area contributed by atoms with Crippen LogP contribution in [0.15, 0.2) is 53.3 Å². The SMILES string of the molecule is Cc1cc2nn(CC(=O)Nc3cccc(Cl)c3C)c(=O)n2c(-c2cccc(Cl)c2)n1. The van der Waals surface area contributed by atoms with E-state index in [0.717, 1.165) is 10.2 Å². The molecule has 0 radical (unpaired) electrons. The molecule has 0 unspecified atom stereocenters. The molecule has 0 atom stereocenters. The molecule has 30 heavy (non-hydrogen) atoms. The van der Waals surface area contributed by atoms with Crippen LogP contribution in [0.5, 0.6) is 0 Å². The van der Waals surface area contributed by atoms with E-state index in [1.54, 1.807) is 49.4 Å². The third-order valence-electron chi connectivity index (χ3n) is 4.61. The summed E-state index contributed by atoms with van der Waals surface area (Å²) in [7, 11) is 0. The molecule has 0 saturated heterocycles. The van der Waals surface area contributed by atoms with Crippen molar-refractivity contribution in [3.8, 4) is 11.4 Å². The molecule has 2 aromatic carbocycles. The molecular formula is C21H17Cl2N5O2. The molecule has 0 fully saturated rings. The number of hydrogen-bond acceptors (Lipinski definition) is 4. The van der Waals surface area contributed by atoms with Crippen molar-refractivity contribution in [2.24, 2.45) is 0 Å². The highest BCUT2D eigenvalue weighted by atomic mass is 35.5. The summed E-state index contributed by atoms with van der Waals surface area (Å²) in [6.07, 6.45) is 0. The number of aryl methyl sites for hydroxylation is 1. The average molecular weight is 442 g/mol. The molecule has 0 spiro atoms. The Balaban J connectivity index is 1.72. The molecule has 9 heteroatoms. The summed E-state index contributed by atoms with van der Waals surface area (Å²) in [5.74, 6) is 0.0229. The van der Waals surface area contributed by atoms with E-state index in [2.05, 4.69) is 15.4 Å². The first-order chi connectivity index (χ1) is 14.3. The number of benzene rings is 2. The maximum absolute atomic E-state index is 13.0. The molecule has 7 nitrogen and oxygen atoms in total. The van der Waals surface area contributed by atoms with Crippen molar-refractivity contribution in [2.75, 3.05) is 5.32 Å². The summed E-state index contributed by atoms with van der Waals surface area (Å²) < 4.78 is 2.48. The van der Waals surface area contributed by atoms with Crippen molar-refractivity contribution in [2.45, 2.75) is 20.4 Å². The van der Waals surface area contributed by atoms with Gasteiger partial charge in [-0.25, -0.2) is 18.9 Å². The van der Waals surface area contributed by atoms with Crippen LogP contribution in [0.2, 0.25) is 10.0 Å². The summed E-state index contributed by atoms with van der Waals surface area (Å²) in [4.78, 5) is 30.1. The Morgan fingerprint density at radius 3 is 2.63 bits per heavy atom. The van der Waals surface area contributed by atoms with Crippen LogP contribution >= 0.6 is 23.2 Å². The lowest BCUT2D eigenvalue weighted by molar-refractivity contribution is -0.117. The minimum absolute atomic E-state index is 0.250.